The zero-order valence-electron chi connectivity index (χ0n) is 15.2. The number of hydrogen-bond donors (Lipinski definition) is 1. The summed E-state index contributed by atoms with van der Waals surface area (Å²) >= 11 is 0. The van der Waals surface area contributed by atoms with Gasteiger partial charge in [-0.15, -0.1) is 0 Å². The van der Waals surface area contributed by atoms with Gasteiger partial charge in [-0.3, -0.25) is 4.79 Å². The summed E-state index contributed by atoms with van der Waals surface area (Å²) in [6, 6.07) is 17.2. The number of amides is 1. The van der Waals surface area contributed by atoms with Crippen LogP contribution < -0.4 is 10.1 Å². The molecular formula is C21H22N2O3. The van der Waals surface area contributed by atoms with Crippen molar-refractivity contribution in [1.82, 2.24) is 10.5 Å². The van der Waals surface area contributed by atoms with Crippen molar-refractivity contribution >= 4 is 5.91 Å². The van der Waals surface area contributed by atoms with Crippen LogP contribution in [0, 0.1) is 6.92 Å². The molecule has 5 nitrogen and oxygen atoms in total. The molecule has 0 aliphatic heterocycles. The molecule has 0 atom stereocenters. The summed E-state index contributed by atoms with van der Waals surface area (Å²) in [7, 11) is 0. The van der Waals surface area contributed by atoms with E-state index in [1.54, 1.807) is 6.92 Å². The minimum Gasteiger partial charge on any atom is -0.491 e. The van der Waals surface area contributed by atoms with Crippen LogP contribution >= 0.6 is 0 Å². The lowest BCUT2D eigenvalue weighted by atomic mass is 10.1. The highest BCUT2D eigenvalue weighted by atomic mass is 16.5. The van der Waals surface area contributed by atoms with Crippen molar-refractivity contribution in [2.24, 2.45) is 0 Å². The molecule has 0 saturated heterocycles. The van der Waals surface area contributed by atoms with Gasteiger partial charge in [0.25, 0.3) is 5.91 Å². The summed E-state index contributed by atoms with van der Waals surface area (Å²) in [5.74, 6) is 1.11. The van der Waals surface area contributed by atoms with Gasteiger partial charge in [0.2, 0.25) is 0 Å². The fraction of sp³-hybridized carbons (Fsp3) is 0.238. The number of aromatic nitrogens is 1. The van der Waals surface area contributed by atoms with Gasteiger partial charge in [0.05, 0.1) is 6.10 Å². The zero-order valence-corrected chi connectivity index (χ0v) is 15.2. The Bertz CT molecular complexity index is 868. The van der Waals surface area contributed by atoms with Crippen molar-refractivity contribution < 1.29 is 14.1 Å². The smallest absolute Gasteiger partial charge is 0.257 e. The molecule has 0 aliphatic rings. The largest absolute Gasteiger partial charge is 0.491 e. The first-order valence-electron chi connectivity index (χ1n) is 8.60. The van der Waals surface area contributed by atoms with Crippen LogP contribution in [0.25, 0.3) is 11.3 Å². The first kappa shape index (κ1) is 17.7. The monoisotopic (exact) mass is 350 g/mol. The maximum Gasteiger partial charge on any atom is 0.257 e. The van der Waals surface area contributed by atoms with E-state index in [-0.39, 0.29) is 12.0 Å². The third kappa shape index (κ3) is 4.11. The van der Waals surface area contributed by atoms with E-state index < -0.39 is 0 Å². The molecule has 134 valence electrons. The third-order valence-corrected chi connectivity index (χ3v) is 3.89. The van der Waals surface area contributed by atoms with Gasteiger partial charge >= 0.3 is 0 Å². The summed E-state index contributed by atoms with van der Waals surface area (Å²) in [6.07, 6.45) is 0.133. The molecule has 0 spiro atoms. The van der Waals surface area contributed by atoms with E-state index in [4.69, 9.17) is 9.26 Å². The molecule has 2 aromatic carbocycles. The Balaban J connectivity index is 1.70. The molecule has 0 unspecified atom stereocenters. The van der Waals surface area contributed by atoms with Crippen molar-refractivity contribution in [3.05, 3.63) is 71.5 Å². The van der Waals surface area contributed by atoms with Crippen molar-refractivity contribution in [2.75, 3.05) is 0 Å². The number of rotatable bonds is 6. The van der Waals surface area contributed by atoms with Crippen LogP contribution in [0.4, 0.5) is 0 Å². The quantitative estimate of drug-likeness (QED) is 0.717. The topological polar surface area (TPSA) is 64.4 Å². The summed E-state index contributed by atoms with van der Waals surface area (Å²) in [4.78, 5) is 12.7. The Morgan fingerprint density at radius 2 is 1.81 bits per heavy atom. The summed E-state index contributed by atoms with van der Waals surface area (Å²) in [5, 5.41) is 6.98. The van der Waals surface area contributed by atoms with E-state index in [9.17, 15) is 4.79 Å². The van der Waals surface area contributed by atoms with Gasteiger partial charge < -0.3 is 14.6 Å². The zero-order chi connectivity index (χ0) is 18.5. The van der Waals surface area contributed by atoms with Gasteiger partial charge in [-0.1, -0.05) is 47.6 Å². The Labute approximate surface area is 153 Å². The molecule has 0 fully saturated rings. The number of carbonyl (C=O) groups is 1. The molecule has 26 heavy (non-hydrogen) atoms. The molecule has 3 aromatic rings. The number of nitrogens with one attached hydrogen (secondary N) is 1. The maximum absolute atomic E-state index is 12.7. The van der Waals surface area contributed by atoms with Gasteiger partial charge in [0, 0.05) is 12.1 Å². The fourth-order valence-electron chi connectivity index (χ4n) is 2.66. The van der Waals surface area contributed by atoms with Gasteiger partial charge in [-0.2, -0.15) is 0 Å². The van der Waals surface area contributed by atoms with Crippen LogP contribution in [0.5, 0.6) is 5.75 Å². The Hall–Kier alpha value is -3.08. The second-order valence-corrected chi connectivity index (χ2v) is 6.32. The Morgan fingerprint density at radius 3 is 2.46 bits per heavy atom. The first-order chi connectivity index (χ1) is 12.5. The number of ether oxygens (including phenoxy) is 1. The van der Waals surface area contributed by atoms with E-state index >= 15 is 0 Å². The Kier molecular flexibility index (Phi) is 5.37. The minimum absolute atomic E-state index is 0.133. The highest BCUT2D eigenvalue weighted by molar-refractivity contribution is 6.00. The highest BCUT2D eigenvalue weighted by Gasteiger charge is 2.21. The van der Waals surface area contributed by atoms with Gasteiger partial charge in [0.15, 0.2) is 0 Å². The lowest BCUT2D eigenvalue weighted by Crippen LogP contribution is -2.23. The van der Waals surface area contributed by atoms with E-state index in [0.717, 1.165) is 16.9 Å². The number of aryl methyl sites for hydroxylation is 1. The molecule has 1 aromatic heterocycles. The third-order valence-electron chi connectivity index (χ3n) is 3.89. The second-order valence-electron chi connectivity index (χ2n) is 6.32. The predicted octanol–water partition coefficient (Wildman–Crippen LogP) is 4.37. The van der Waals surface area contributed by atoms with E-state index in [2.05, 4.69) is 10.5 Å². The normalized spacial score (nSPS) is 10.8. The summed E-state index contributed by atoms with van der Waals surface area (Å²) in [6.45, 7) is 6.13. The van der Waals surface area contributed by atoms with Crippen LogP contribution in [-0.4, -0.2) is 17.2 Å². The molecule has 1 N–H and O–H groups in total. The molecule has 1 heterocycles. The highest BCUT2D eigenvalue weighted by Crippen LogP contribution is 2.25. The van der Waals surface area contributed by atoms with Crippen molar-refractivity contribution in [2.45, 2.75) is 33.4 Å². The van der Waals surface area contributed by atoms with Crippen LogP contribution in [0.1, 0.15) is 35.5 Å². The van der Waals surface area contributed by atoms with Gasteiger partial charge in [0.1, 0.15) is 22.8 Å². The fourth-order valence-corrected chi connectivity index (χ4v) is 2.66. The minimum atomic E-state index is -0.204. The molecule has 0 aliphatic carbocycles. The molecule has 5 heteroatoms. The second kappa shape index (κ2) is 7.87. The van der Waals surface area contributed by atoms with E-state index in [1.807, 2.05) is 68.4 Å². The molecule has 0 radical (unpaired) electrons. The van der Waals surface area contributed by atoms with E-state index in [0.29, 0.717) is 23.6 Å². The summed E-state index contributed by atoms with van der Waals surface area (Å²) < 4.78 is 10.9. The number of benzene rings is 2. The molecular weight excluding hydrogens is 328 g/mol. The summed E-state index contributed by atoms with van der Waals surface area (Å²) in [5.41, 5.74) is 2.87. The number of nitrogens with zero attached hydrogens (tertiary/aromatic N) is 1. The van der Waals surface area contributed by atoms with E-state index in [1.165, 1.54) is 0 Å². The van der Waals surface area contributed by atoms with Gasteiger partial charge in [-0.25, -0.2) is 0 Å². The molecule has 1 amide bonds. The van der Waals surface area contributed by atoms with Crippen molar-refractivity contribution in [3.8, 4) is 17.0 Å². The maximum atomic E-state index is 12.7. The molecule has 3 rings (SSSR count). The van der Waals surface area contributed by atoms with Crippen molar-refractivity contribution in [3.63, 3.8) is 0 Å². The van der Waals surface area contributed by atoms with Crippen LogP contribution in [0.2, 0.25) is 0 Å². The first-order valence-corrected chi connectivity index (χ1v) is 8.60. The molecule has 0 saturated carbocycles. The SMILES string of the molecule is Cc1onc(-c2ccccc2)c1C(=O)NCc1ccc(OC(C)C)cc1. The van der Waals surface area contributed by atoms with Crippen molar-refractivity contribution in [1.29, 1.82) is 0 Å². The average molecular weight is 350 g/mol. The predicted molar refractivity (Wildman–Crippen MR) is 100 cm³/mol. The number of carbonyl (C=O) groups excluding carboxylic acids is 1. The van der Waals surface area contributed by atoms with Crippen LogP contribution in [-0.2, 0) is 6.54 Å². The Morgan fingerprint density at radius 1 is 1.12 bits per heavy atom. The van der Waals surface area contributed by atoms with Crippen LogP contribution in [0.15, 0.2) is 59.1 Å². The average Bonchev–Trinajstić information content (AvgIpc) is 3.03. The molecule has 0 bridgehead atoms. The van der Waals surface area contributed by atoms with Crippen LogP contribution in [0.3, 0.4) is 0 Å². The number of hydrogen-bond acceptors (Lipinski definition) is 4. The lowest BCUT2D eigenvalue weighted by Gasteiger charge is -2.10. The standard InChI is InChI=1S/C21H22N2O3/c1-14(2)25-18-11-9-16(10-12-18)13-22-21(24)19-15(3)26-23-20(19)17-7-5-4-6-8-17/h4-12,14H,13H2,1-3H3,(H,22,24). The van der Waals surface area contributed by atoms with Gasteiger partial charge in [-0.05, 0) is 38.5 Å². The lowest BCUT2D eigenvalue weighted by molar-refractivity contribution is 0.0950.